The Balaban J connectivity index is 1.84. The second-order valence-electron chi connectivity index (χ2n) is 5.85. The van der Waals surface area contributed by atoms with Crippen LogP contribution in [0.1, 0.15) is 20.3 Å². The van der Waals surface area contributed by atoms with Crippen molar-refractivity contribution in [2.45, 2.75) is 32.9 Å². The first-order valence-corrected chi connectivity index (χ1v) is 7.79. The first-order chi connectivity index (χ1) is 11.0. The maximum absolute atomic E-state index is 12.5. The Labute approximate surface area is 133 Å². The number of hydrogen-bond acceptors (Lipinski definition) is 3. The Morgan fingerprint density at radius 3 is 2.78 bits per heavy atom. The molecule has 0 saturated heterocycles. The standard InChI is InChI=1S/C16H20N4O3/c1-3-10(2)13(14(21)22)18-16(23)20-9-8-19-12-7-5-4-6-11(12)17-15(19)20/h4-7,10,13H,3,8-9H2,1-2H3,(H,18,23)(H,21,22)/t10-,13-/m0/s1. The summed E-state index contributed by atoms with van der Waals surface area (Å²) in [5, 5.41) is 12.0. The lowest BCUT2D eigenvalue weighted by Crippen LogP contribution is -2.50. The molecule has 2 aromatic rings. The quantitative estimate of drug-likeness (QED) is 0.904. The minimum absolute atomic E-state index is 0.141. The van der Waals surface area contributed by atoms with Crippen molar-refractivity contribution in [3.63, 3.8) is 0 Å². The van der Waals surface area contributed by atoms with Crippen LogP contribution in [0.3, 0.4) is 0 Å². The van der Waals surface area contributed by atoms with E-state index in [2.05, 4.69) is 10.3 Å². The Morgan fingerprint density at radius 1 is 1.35 bits per heavy atom. The van der Waals surface area contributed by atoms with Crippen LogP contribution in [-0.4, -0.2) is 39.2 Å². The van der Waals surface area contributed by atoms with Gasteiger partial charge in [0, 0.05) is 13.1 Å². The van der Waals surface area contributed by atoms with Crippen molar-refractivity contribution < 1.29 is 14.7 Å². The van der Waals surface area contributed by atoms with Crippen LogP contribution in [0.25, 0.3) is 11.0 Å². The minimum Gasteiger partial charge on any atom is -0.480 e. The van der Waals surface area contributed by atoms with Crippen LogP contribution in [0.2, 0.25) is 0 Å². The first-order valence-electron chi connectivity index (χ1n) is 7.79. The number of imidazole rings is 1. The number of urea groups is 1. The van der Waals surface area contributed by atoms with Crippen molar-refractivity contribution in [2.75, 3.05) is 11.4 Å². The molecule has 0 unspecified atom stereocenters. The summed E-state index contributed by atoms with van der Waals surface area (Å²) >= 11 is 0. The number of nitrogens with zero attached hydrogens (tertiary/aromatic N) is 3. The number of carbonyl (C=O) groups excluding carboxylic acids is 1. The van der Waals surface area contributed by atoms with E-state index < -0.39 is 18.0 Å². The number of anilines is 1. The molecule has 0 bridgehead atoms. The van der Waals surface area contributed by atoms with E-state index in [0.29, 0.717) is 25.5 Å². The van der Waals surface area contributed by atoms with Crippen LogP contribution < -0.4 is 10.2 Å². The number of aromatic nitrogens is 2. The summed E-state index contributed by atoms with van der Waals surface area (Å²) in [5.74, 6) is -0.588. The normalized spacial score (nSPS) is 16.2. The third-order valence-electron chi connectivity index (χ3n) is 4.43. The van der Waals surface area contributed by atoms with E-state index in [1.54, 1.807) is 0 Å². The molecule has 1 aliphatic rings. The highest BCUT2D eigenvalue weighted by Gasteiger charge is 2.32. The number of fused-ring (bicyclic) bond motifs is 3. The Hall–Kier alpha value is -2.57. The number of carboxylic acid groups (broad SMARTS) is 1. The summed E-state index contributed by atoms with van der Waals surface area (Å²) in [6.45, 7) is 4.87. The monoisotopic (exact) mass is 316 g/mol. The predicted octanol–water partition coefficient (Wildman–Crippen LogP) is 2.07. The molecule has 0 saturated carbocycles. The van der Waals surface area contributed by atoms with Gasteiger partial charge in [0.2, 0.25) is 5.95 Å². The third-order valence-corrected chi connectivity index (χ3v) is 4.43. The van der Waals surface area contributed by atoms with Crippen LogP contribution in [0.5, 0.6) is 0 Å². The Morgan fingerprint density at radius 2 is 2.09 bits per heavy atom. The summed E-state index contributed by atoms with van der Waals surface area (Å²) in [6.07, 6.45) is 0.676. The average molecular weight is 316 g/mol. The number of nitrogens with one attached hydrogen (secondary N) is 1. The van der Waals surface area contributed by atoms with E-state index in [1.807, 2.05) is 42.7 Å². The van der Waals surface area contributed by atoms with Gasteiger partial charge in [0.1, 0.15) is 6.04 Å². The highest BCUT2D eigenvalue weighted by Crippen LogP contribution is 2.27. The molecule has 2 heterocycles. The second kappa shape index (κ2) is 5.91. The number of hydrogen-bond donors (Lipinski definition) is 2. The number of amides is 2. The van der Waals surface area contributed by atoms with Gasteiger partial charge in [-0.1, -0.05) is 32.4 Å². The molecule has 7 nitrogen and oxygen atoms in total. The lowest BCUT2D eigenvalue weighted by molar-refractivity contribution is -0.140. The maximum Gasteiger partial charge on any atom is 0.326 e. The number of carbonyl (C=O) groups is 2. The number of aliphatic carboxylic acids is 1. The van der Waals surface area contributed by atoms with Crippen molar-refractivity contribution in [2.24, 2.45) is 5.92 Å². The van der Waals surface area contributed by atoms with Gasteiger partial charge >= 0.3 is 12.0 Å². The van der Waals surface area contributed by atoms with E-state index in [-0.39, 0.29) is 5.92 Å². The number of carboxylic acids is 1. The van der Waals surface area contributed by atoms with Gasteiger partial charge < -0.3 is 15.0 Å². The molecular weight excluding hydrogens is 296 g/mol. The van der Waals surface area contributed by atoms with Crippen molar-refractivity contribution in [1.82, 2.24) is 14.9 Å². The lowest BCUT2D eigenvalue weighted by atomic mass is 9.99. The van der Waals surface area contributed by atoms with Crippen LogP contribution in [-0.2, 0) is 11.3 Å². The molecule has 1 aliphatic heterocycles. The number of para-hydroxylation sites is 2. The fourth-order valence-corrected chi connectivity index (χ4v) is 2.88. The summed E-state index contributed by atoms with van der Waals surface area (Å²) in [4.78, 5) is 29.9. The van der Waals surface area contributed by atoms with Gasteiger partial charge in [-0.3, -0.25) is 4.90 Å². The summed E-state index contributed by atoms with van der Waals surface area (Å²) in [5.41, 5.74) is 1.81. The van der Waals surface area contributed by atoms with Crippen molar-refractivity contribution >= 4 is 29.0 Å². The Kier molecular flexibility index (Phi) is 3.94. The van der Waals surface area contributed by atoms with Crippen molar-refractivity contribution in [1.29, 1.82) is 0 Å². The lowest BCUT2D eigenvalue weighted by Gasteiger charge is -2.23. The molecule has 0 radical (unpaired) electrons. The van der Waals surface area contributed by atoms with Gasteiger partial charge in [0.25, 0.3) is 0 Å². The van der Waals surface area contributed by atoms with Crippen LogP contribution in [0, 0.1) is 5.92 Å². The average Bonchev–Trinajstić information content (AvgIpc) is 3.10. The Bertz CT molecular complexity index is 755. The first kappa shape index (κ1) is 15.3. The summed E-state index contributed by atoms with van der Waals surface area (Å²) in [6, 6.07) is 6.39. The molecule has 1 aromatic heterocycles. The van der Waals surface area contributed by atoms with Gasteiger partial charge in [0.15, 0.2) is 0 Å². The van der Waals surface area contributed by atoms with E-state index in [0.717, 1.165) is 11.0 Å². The van der Waals surface area contributed by atoms with Gasteiger partial charge in [-0.25, -0.2) is 14.6 Å². The maximum atomic E-state index is 12.5. The molecule has 122 valence electrons. The van der Waals surface area contributed by atoms with Gasteiger partial charge in [-0.2, -0.15) is 0 Å². The van der Waals surface area contributed by atoms with Crippen molar-refractivity contribution in [3.8, 4) is 0 Å². The molecule has 0 fully saturated rings. The summed E-state index contributed by atoms with van der Waals surface area (Å²) in [7, 11) is 0. The molecule has 1 aromatic carbocycles. The zero-order valence-corrected chi connectivity index (χ0v) is 13.2. The predicted molar refractivity (Wildman–Crippen MR) is 86.5 cm³/mol. The smallest absolute Gasteiger partial charge is 0.326 e. The molecule has 2 N–H and O–H groups in total. The van der Waals surface area contributed by atoms with E-state index in [4.69, 9.17) is 0 Å². The van der Waals surface area contributed by atoms with Crippen LogP contribution in [0.4, 0.5) is 10.7 Å². The second-order valence-corrected chi connectivity index (χ2v) is 5.85. The van der Waals surface area contributed by atoms with Gasteiger partial charge in [-0.05, 0) is 18.1 Å². The third kappa shape index (κ3) is 2.62. The number of benzene rings is 1. The summed E-state index contributed by atoms with van der Waals surface area (Å²) < 4.78 is 1.98. The molecule has 2 atom stereocenters. The highest BCUT2D eigenvalue weighted by molar-refractivity contribution is 5.95. The fraction of sp³-hybridized carbons (Fsp3) is 0.438. The molecule has 3 rings (SSSR count). The van der Waals surface area contributed by atoms with Gasteiger partial charge in [0.05, 0.1) is 11.0 Å². The molecule has 2 amide bonds. The zero-order chi connectivity index (χ0) is 16.6. The van der Waals surface area contributed by atoms with E-state index in [9.17, 15) is 14.7 Å². The highest BCUT2D eigenvalue weighted by atomic mass is 16.4. The zero-order valence-electron chi connectivity index (χ0n) is 13.2. The molecule has 0 aliphatic carbocycles. The molecule has 7 heteroatoms. The van der Waals surface area contributed by atoms with Crippen LogP contribution in [0.15, 0.2) is 24.3 Å². The van der Waals surface area contributed by atoms with Gasteiger partial charge in [-0.15, -0.1) is 0 Å². The van der Waals surface area contributed by atoms with Crippen LogP contribution >= 0.6 is 0 Å². The molecule has 23 heavy (non-hydrogen) atoms. The fourth-order valence-electron chi connectivity index (χ4n) is 2.88. The van der Waals surface area contributed by atoms with E-state index in [1.165, 1.54) is 4.90 Å². The minimum atomic E-state index is -1.01. The largest absolute Gasteiger partial charge is 0.480 e. The molecule has 0 spiro atoms. The van der Waals surface area contributed by atoms with Crippen molar-refractivity contribution in [3.05, 3.63) is 24.3 Å². The topological polar surface area (TPSA) is 87.5 Å². The number of rotatable bonds is 4. The molecular formula is C16H20N4O3. The SMILES string of the molecule is CC[C@H](C)[C@H](NC(=O)N1CCn2c1nc1ccccc12)C(=O)O. The van der Waals surface area contributed by atoms with E-state index >= 15 is 0 Å².